The van der Waals surface area contributed by atoms with Crippen molar-refractivity contribution >= 4 is 17.0 Å². The molecule has 0 unspecified atom stereocenters. The minimum Gasteiger partial charge on any atom is -0.375 e. The van der Waals surface area contributed by atoms with Crippen molar-refractivity contribution < 1.29 is 4.58 Å². The first kappa shape index (κ1) is 25.8. The number of benzene rings is 1. The number of rotatable bonds is 10. The van der Waals surface area contributed by atoms with Gasteiger partial charge in [-0.1, -0.05) is 18.2 Å². The normalized spacial score (nSPS) is 15.2. The van der Waals surface area contributed by atoms with E-state index >= 15 is 0 Å². The Morgan fingerprint density at radius 2 is 1.29 bits per heavy atom. The highest BCUT2D eigenvalue weighted by Crippen LogP contribution is 2.36. The van der Waals surface area contributed by atoms with Crippen molar-refractivity contribution in [2.75, 3.05) is 44.2 Å². The summed E-state index contributed by atoms with van der Waals surface area (Å²) in [5.41, 5.74) is 9.46. The SMILES string of the molecule is CCN(CC)C1=CC=C(C(=C2C=CC(=[N+](CC)CC)C=C2)c2ccc(N(CC)CC)cc2)CC1. The van der Waals surface area contributed by atoms with E-state index < -0.39 is 0 Å². The molecule has 0 saturated carbocycles. The van der Waals surface area contributed by atoms with Gasteiger partial charge >= 0.3 is 0 Å². The molecule has 0 spiro atoms. The topological polar surface area (TPSA) is 9.49 Å². The Morgan fingerprint density at radius 3 is 1.76 bits per heavy atom. The zero-order valence-electron chi connectivity index (χ0n) is 22.3. The molecule has 34 heavy (non-hydrogen) atoms. The molecule has 0 aromatic heterocycles. The molecule has 0 saturated heterocycles. The van der Waals surface area contributed by atoms with Crippen molar-refractivity contribution in [2.24, 2.45) is 0 Å². The summed E-state index contributed by atoms with van der Waals surface area (Å²) < 4.78 is 2.40. The molecule has 1 aromatic rings. The van der Waals surface area contributed by atoms with Gasteiger partial charge in [0, 0.05) is 49.7 Å². The van der Waals surface area contributed by atoms with Crippen LogP contribution in [0.3, 0.4) is 0 Å². The summed E-state index contributed by atoms with van der Waals surface area (Å²) in [4.78, 5) is 4.88. The molecular formula is C31H44N3+. The van der Waals surface area contributed by atoms with Crippen LogP contribution in [0.5, 0.6) is 0 Å². The molecule has 0 bridgehead atoms. The summed E-state index contributed by atoms with van der Waals surface area (Å²) in [6.45, 7) is 19.6. The van der Waals surface area contributed by atoms with Gasteiger partial charge in [0.05, 0.1) is 0 Å². The van der Waals surface area contributed by atoms with Crippen LogP contribution in [-0.4, -0.2) is 54.5 Å². The Hall–Kier alpha value is -2.81. The van der Waals surface area contributed by atoms with Crippen LogP contribution < -0.4 is 4.90 Å². The van der Waals surface area contributed by atoms with Gasteiger partial charge in [0.15, 0.2) is 5.71 Å². The van der Waals surface area contributed by atoms with Gasteiger partial charge in [0.25, 0.3) is 0 Å². The second-order valence-corrected chi connectivity index (χ2v) is 8.84. The van der Waals surface area contributed by atoms with E-state index in [1.54, 1.807) is 0 Å². The van der Waals surface area contributed by atoms with Crippen molar-refractivity contribution in [3.63, 3.8) is 0 Å². The summed E-state index contributed by atoms with van der Waals surface area (Å²) in [6, 6.07) is 9.19. The molecule has 2 aliphatic rings. The summed E-state index contributed by atoms with van der Waals surface area (Å²) in [7, 11) is 0. The maximum atomic E-state index is 2.48. The van der Waals surface area contributed by atoms with Gasteiger partial charge in [0.2, 0.25) is 0 Å². The van der Waals surface area contributed by atoms with Crippen LogP contribution in [0.1, 0.15) is 59.9 Å². The number of anilines is 1. The molecule has 0 aliphatic heterocycles. The molecular weight excluding hydrogens is 414 g/mol. The zero-order chi connectivity index (χ0) is 24.5. The van der Waals surface area contributed by atoms with Gasteiger partial charge in [-0.2, -0.15) is 0 Å². The third-order valence-electron chi connectivity index (χ3n) is 7.19. The summed E-state index contributed by atoms with van der Waals surface area (Å²) >= 11 is 0. The molecule has 3 nitrogen and oxygen atoms in total. The third kappa shape index (κ3) is 5.81. The molecule has 0 N–H and O–H groups in total. The molecule has 0 radical (unpaired) electrons. The third-order valence-corrected chi connectivity index (χ3v) is 7.19. The standard InChI is InChI=1S/C31H44N3/c1-7-32(8-2)28-19-13-25(14-20-28)31(26-15-21-29(22-16-26)33(9-3)10-4)27-17-23-30(24-18-27)34(11-5)12-6/h13-17,19-23H,7-12,18,24H2,1-6H3/q+1. The molecule has 0 heterocycles. The van der Waals surface area contributed by atoms with Crippen LogP contribution in [0.15, 0.2) is 77.6 Å². The quantitative estimate of drug-likeness (QED) is 0.355. The van der Waals surface area contributed by atoms with Crippen LogP contribution in [0.4, 0.5) is 5.69 Å². The van der Waals surface area contributed by atoms with Crippen LogP contribution in [0.25, 0.3) is 5.57 Å². The first-order chi connectivity index (χ1) is 16.6. The largest absolute Gasteiger partial charge is 0.375 e. The molecule has 1 aromatic carbocycles. The van der Waals surface area contributed by atoms with Gasteiger partial charge in [-0.15, -0.1) is 0 Å². The lowest BCUT2D eigenvalue weighted by Gasteiger charge is -2.28. The van der Waals surface area contributed by atoms with E-state index in [0.29, 0.717) is 0 Å². The summed E-state index contributed by atoms with van der Waals surface area (Å²) in [5.74, 6) is 0. The Kier molecular flexibility index (Phi) is 9.56. The van der Waals surface area contributed by atoms with Gasteiger partial charge in [-0.05, 0) is 107 Å². The van der Waals surface area contributed by atoms with Crippen LogP contribution in [-0.2, 0) is 0 Å². The summed E-state index contributed by atoms with van der Waals surface area (Å²) in [6.07, 6.45) is 16.1. The molecule has 182 valence electrons. The first-order valence-electron chi connectivity index (χ1n) is 13.3. The van der Waals surface area contributed by atoms with E-state index in [0.717, 1.165) is 52.1 Å². The van der Waals surface area contributed by atoms with Crippen LogP contribution in [0, 0.1) is 0 Å². The molecule has 0 fully saturated rings. The first-order valence-corrected chi connectivity index (χ1v) is 13.3. The second kappa shape index (κ2) is 12.6. The van der Waals surface area contributed by atoms with Gasteiger partial charge in [-0.3, -0.25) is 0 Å². The fraction of sp³-hybridized carbons (Fsp3) is 0.452. The summed E-state index contributed by atoms with van der Waals surface area (Å²) in [5, 5.41) is 0. The van der Waals surface area contributed by atoms with E-state index in [4.69, 9.17) is 0 Å². The maximum absolute atomic E-state index is 2.48. The van der Waals surface area contributed by atoms with Crippen molar-refractivity contribution in [1.82, 2.24) is 4.90 Å². The maximum Gasteiger partial charge on any atom is 0.199 e. The smallest absolute Gasteiger partial charge is 0.199 e. The Bertz CT molecular complexity index is 983. The number of allylic oxidation sites excluding steroid dienone is 10. The minimum absolute atomic E-state index is 1.03. The minimum atomic E-state index is 1.03. The van der Waals surface area contributed by atoms with Crippen molar-refractivity contribution in [1.29, 1.82) is 0 Å². The molecule has 2 aliphatic carbocycles. The van der Waals surface area contributed by atoms with Crippen molar-refractivity contribution in [2.45, 2.75) is 54.4 Å². The zero-order valence-corrected chi connectivity index (χ0v) is 22.3. The Labute approximate surface area is 208 Å². The average molecular weight is 459 g/mol. The van der Waals surface area contributed by atoms with E-state index in [1.165, 1.54) is 39.4 Å². The Morgan fingerprint density at radius 1 is 0.706 bits per heavy atom. The van der Waals surface area contributed by atoms with E-state index in [-0.39, 0.29) is 0 Å². The fourth-order valence-corrected chi connectivity index (χ4v) is 5.12. The number of hydrogen-bond donors (Lipinski definition) is 0. The lowest BCUT2D eigenvalue weighted by molar-refractivity contribution is -0.519. The van der Waals surface area contributed by atoms with Crippen molar-refractivity contribution in [3.05, 3.63) is 83.1 Å². The molecule has 3 heteroatoms. The highest BCUT2D eigenvalue weighted by molar-refractivity contribution is 6.04. The molecule has 0 atom stereocenters. The van der Waals surface area contributed by atoms with Gasteiger partial charge in [0.1, 0.15) is 13.1 Å². The van der Waals surface area contributed by atoms with Crippen LogP contribution >= 0.6 is 0 Å². The number of hydrogen-bond acceptors (Lipinski definition) is 2. The Balaban J connectivity index is 2.06. The highest BCUT2D eigenvalue weighted by Gasteiger charge is 2.19. The number of nitrogens with zero attached hydrogens (tertiary/aromatic N) is 3. The predicted octanol–water partition coefficient (Wildman–Crippen LogP) is 6.85. The van der Waals surface area contributed by atoms with Crippen LogP contribution in [0.2, 0.25) is 0 Å². The molecule has 0 amide bonds. The lowest BCUT2D eigenvalue weighted by Crippen LogP contribution is -2.23. The fourth-order valence-electron chi connectivity index (χ4n) is 5.12. The highest BCUT2D eigenvalue weighted by atomic mass is 15.1. The van der Waals surface area contributed by atoms with E-state index in [2.05, 4.69) is 117 Å². The van der Waals surface area contributed by atoms with E-state index in [9.17, 15) is 0 Å². The van der Waals surface area contributed by atoms with Gasteiger partial charge in [-0.25, -0.2) is 4.58 Å². The van der Waals surface area contributed by atoms with Gasteiger partial charge < -0.3 is 9.80 Å². The van der Waals surface area contributed by atoms with E-state index in [1.807, 2.05) is 0 Å². The second-order valence-electron chi connectivity index (χ2n) is 8.84. The lowest BCUT2D eigenvalue weighted by atomic mass is 9.86. The molecule has 3 rings (SSSR count). The van der Waals surface area contributed by atoms with Crippen molar-refractivity contribution in [3.8, 4) is 0 Å². The predicted molar refractivity (Wildman–Crippen MR) is 150 cm³/mol. The monoisotopic (exact) mass is 458 g/mol. The average Bonchev–Trinajstić information content (AvgIpc) is 2.89.